The lowest BCUT2D eigenvalue weighted by molar-refractivity contribution is -0.137. The number of alkyl halides is 3. The Hall–Kier alpha value is -1.67. The summed E-state index contributed by atoms with van der Waals surface area (Å²) in [5.41, 5.74) is -0.967. The van der Waals surface area contributed by atoms with E-state index >= 15 is 0 Å². The lowest BCUT2D eigenvalue weighted by Crippen LogP contribution is -2.48. The minimum Gasteiger partial charge on any atom is -0.381 e. The van der Waals surface area contributed by atoms with E-state index < -0.39 is 17.2 Å². The molecule has 5 nitrogen and oxygen atoms in total. The van der Waals surface area contributed by atoms with Crippen LogP contribution < -0.4 is 10.6 Å². The van der Waals surface area contributed by atoms with E-state index in [-0.39, 0.29) is 24.4 Å². The predicted molar refractivity (Wildman–Crippen MR) is 108 cm³/mol. The molecule has 0 spiro atoms. The number of hydrogen-bond acceptors (Lipinski definition) is 4. The van der Waals surface area contributed by atoms with E-state index in [0.717, 1.165) is 51.2 Å². The number of amides is 1. The maximum absolute atomic E-state index is 13.2. The van der Waals surface area contributed by atoms with Gasteiger partial charge in [-0.05, 0) is 49.1 Å². The summed E-state index contributed by atoms with van der Waals surface area (Å²) in [6, 6.07) is 1.70. The molecule has 168 valence electrons. The Kier molecular flexibility index (Phi) is 7.07. The molecule has 3 rings (SSSR count). The van der Waals surface area contributed by atoms with Gasteiger partial charge in [0.25, 0.3) is 0 Å². The highest BCUT2D eigenvalue weighted by Gasteiger charge is 2.47. The molecule has 2 N–H and O–H groups in total. The second-order valence-electron chi connectivity index (χ2n) is 9.13. The largest absolute Gasteiger partial charge is 0.417 e. The lowest BCUT2D eigenvalue weighted by Gasteiger charge is -2.35. The van der Waals surface area contributed by atoms with Gasteiger partial charge in [0, 0.05) is 37.6 Å². The summed E-state index contributed by atoms with van der Waals surface area (Å²) in [5.74, 6) is 0.491. The summed E-state index contributed by atoms with van der Waals surface area (Å²) in [7, 11) is 0. The summed E-state index contributed by atoms with van der Waals surface area (Å²) < 4.78 is 44.2. The van der Waals surface area contributed by atoms with Gasteiger partial charge in [-0.1, -0.05) is 20.8 Å². The van der Waals surface area contributed by atoms with Crippen LogP contribution in [-0.4, -0.2) is 36.2 Å². The van der Waals surface area contributed by atoms with Gasteiger partial charge in [0.15, 0.2) is 0 Å². The minimum absolute atomic E-state index is 0.0410. The number of ether oxygens (including phenoxy) is 1. The van der Waals surface area contributed by atoms with Gasteiger partial charge in [-0.3, -0.25) is 9.78 Å². The molecule has 1 aliphatic heterocycles. The minimum atomic E-state index is -4.45. The zero-order valence-electron chi connectivity index (χ0n) is 17.9. The molecule has 8 heteroatoms. The highest BCUT2D eigenvalue weighted by Crippen LogP contribution is 2.45. The van der Waals surface area contributed by atoms with Crippen molar-refractivity contribution in [3.8, 4) is 0 Å². The monoisotopic (exact) mass is 427 g/mol. The first-order valence-electron chi connectivity index (χ1n) is 10.7. The second-order valence-corrected chi connectivity index (χ2v) is 9.13. The van der Waals surface area contributed by atoms with E-state index in [0.29, 0.717) is 17.5 Å². The fourth-order valence-corrected chi connectivity index (χ4v) is 4.74. The first-order valence-corrected chi connectivity index (χ1v) is 10.7. The van der Waals surface area contributed by atoms with Crippen molar-refractivity contribution in [2.45, 2.75) is 71.3 Å². The number of pyridine rings is 1. The zero-order chi connectivity index (χ0) is 21.9. The van der Waals surface area contributed by atoms with Crippen LogP contribution in [0.4, 0.5) is 13.2 Å². The Morgan fingerprint density at radius 1 is 1.33 bits per heavy atom. The number of nitrogens with zero attached hydrogens (tertiary/aromatic N) is 1. The summed E-state index contributed by atoms with van der Waals surface area (Å²) in [5, 5.41) is 6.62. The van der Waals surface area contributed by atoms with Crippen LogP contribution in [0.15, 0.2) is 18.5 Å². The lowest BCUT2D eigenvalue weighted by atomic mass is 9.74. The molecular formula is C22H32F3N3O2. The molecule has 1 aromatic rings. The second kappa shape index (κ2) is 9.22. The molecule has 4 atom stereocenters. The molecule has 3 unspecified atom stereocenters. The molecule has 30 heavy (non-hydrogen) atoms. The Balaban J connectivity index is 1.62. The first kappa shape index (κ1) is 23.0. The molecule has 2 fully saturated rings. The summed E-state index contributed by atoms with van der Waals surface area (Å²) >= 11 is 0. The Labute approximate surface area is 176 Å². The van der Waals surface area contributed by atoms with Crippen LogP contribution in [-0.2, 0) is 22.3 Å². The Bertz CT molecular complexity index is 741. The van der Waals surface area contributed by atoms with Gasteiger partial charge >= 0.3 is 6.18 Å². The molecule has 0 radical (unpaired) electrons. The molecule has 0 aromatic carbocycles. The van der Waals surface area contributed by atoms with Crippen LogP contribution in [0.2, 0.25) is 0 Å². The normalized spacial score (nSPS) is 29.9. The van der Waals surface area contributed by atoms with Crippen LogP contribution in [0.5, 0.6) is 0 Å². The molecule has 1 amide bonds. The molecule has 1 aliphatic carbocycles. The van der Waals surface area contributed by atoms with Crippen molar-refractivity contribution in [2.24, 2.45) is 17.3 Å². The number of carbonyl (C=O) groups is 1. The molecule has 0 bridgehead atoms. The number of hydrogen-bond donors (Lipinski definition) is 2. The Morgan fingerprint density at radius 2 is 2.10 bits per heavy atom. The van der Waals surface area contributed by atoms with Crippen molar-refractivity contribution >= 4 is 5.91 Å². The number of carbonyl (C=O) groups excluding carboxylic acids is 1. The van der Waals surface area contributed by atoms with Crippen molar-refractivity contribution in [3.63, 3.8) is 0 Å². The van der Waals surface area contributed by atoms with Crippen molar-refractivity contribution in [1.82, 2.24) is 15.6 Å². The average Bonchev–Trinajstić information content (AvgIpc) is 3.13. The van der Waals surface area contributed by atoms with E-state index in [1.165, 1.54) is 6.20 Å². The van der Waals surface area contributed by atoms with Crippen LogP contribution in [0.1, 0.15) is 57.6 Å². The highest BCUT2D eigenvalue weighted by molar-refractivity contribution is 5.83. The average molecular weight is 428 g/mol. The van der Waals surface area contributed by atoms with E-state index in [1.807, 2.05) is 13.8 Å². The quantitative estimate of drug-likeness (QED) is 0.722. The van der Waals surface area contributed by atoms with Crippen LogP contribution >= 0.6 is 0 Å². The standard InChI is InChI=1S/C22H32F3N3O2/c1-14(2)21(6-4-18(9-21)28-19-5-7-30-13-15(19)3)20(29)27-11-16-8-17(12-26-10-16)22(23,24)25/h8,10,12,14-15,18-19,28H,4-7,9,11,13H2,1-3H3,(H,27,29)/t15?,18?,19?,21-/m0/s1. The Morgan fingerprint density at radius 3 is 2.77 bits per heavy atom. The number of aromatic nitrogens is 1. The van der Waals surface area contributed by atoms with Gasteiger partial charge in [-0.15, -0.1) is 0 Å². The highest BCUT2D eigenvalue weighted by atomic mass is 19.4. The van der Waals surface area contributed by atoms with Crippen molar-refractivity contribution in [1.29, 1.82) is 0 Å². The van der Waals surface area contributed by atoms with E-state index in [1.54, 1.807) is 0 Å². The third kappa shape index (κ3) is 5.14. The zero-order valence-corrected chi connectivity index (χ0v) is 17.9. The van der Waals surface area contributed by atoms with Gasteiger partial charge < -0.3 is 15.4 Å². The number of nitrogens with one attached hydrogen (secondary N) is 2. The van der Waals surface area contributed by atoms with Crippen LogP contribution in [0.25, 0.3) is 0 Å². The maximum Gasteiger partial charge on any atom is 0.417 e. The molecule has 2 heterocycles. The van der Waals surface area contributed by atoms with E-state index in [9.17, 15) is 18.0 Å². The van der Waals surface area contributed by atoms with Crippen molar-refractivity contribution in [2.75, 3.05) is 13.2 Å². The fourth-order valence-electron chi connectivity index (χ4n) is 4.74. The van der Waals surface area contributed by atoms with E-state index in [2.05, 4.69) is 22.5 Å². The van der Waals surface area contributed by atoms with Gasteiger partial charge in [-0.25, -0.2) is 0 Å². The summed E-state index contributed by atoms with van der Waals surface area (Å²) in [6.07, 6.45) is 1.11. The van der Waals surface area contributed by atoms with Gasteiger partial charge in [0.05, 0.1) is 17.6 Å². The molecule has 1 aromatic heterocycles. The van der Waals surface area contributed by atoms with Gasteiger partial charge in [0.1, 0.15) is 0 Å². The fraction of sp³-hybridized carbons (Fsp3) is 0.727. The first-order chi connectivity index (χ1) is 14.1. The topological polar surface area (TPSA) is 63.2 Å². The molecular weight excluding hydrogens is 395 g/mol. The smallest absolute Gasteiger partial charge is 0.381 e. The van der Waals surface area contributed by atoms with Crippen molar-refractivity contribution in [3.05, 3.63) is 29.6 Å². The van der Waals surface area contributed by atoms with Crippen LogP contribution in [0, 0.1) is 17.3 Å². The van der Waals surface area contributed by atoms with Crippen molar-refractivity contribution < 1.29 is 22.7 Å². The predicted octanol–water partition coefficient (Wildman–Crippen LogP) is 3.93. The molecule has 1 saturated heterocycles. The third-order valence-electron chi connectivity index (χ3n) is 6.77. The molecule has 2 aliphatic rings. The van der Waals surface area contributed by atoms with E-state index in [4.69, 9.17) is 4.74 Å². The van der Waals surface area contributed by atoms with Crippen LogP contribution in [0.3, 0.4) is 0 Å². The number of halogens is 3. The summed E-state index contributed by atoms with van der Waals surface area (Å²) in [4.78, 5) is 16.8. The molecule has 1 saturated carbocycles. The maximum atomic E-state index is 13.2. The number of rotatable bonds is 6. The third-order valence-corrected chi connectivity index (χ3v) is 6.77. The van der Waals surface area contributed by atoms with Gasteiger partial charge in [-0.2, -0.15) is 13.2 Å². The SMILES string of the molecule is CC1COCCC1NC1CC[C@@](C(=O)NCc2cncc(C(F)(F)F)c2)(C(C)C)C1. The van der Waals surface area contributed by atoms with Gasteiger partial charge in [0.2, 0.25) is 5.91 Å². The summed E-state index contributed by atoms with van der Waals surface area (Å²) in [6.45, 7) is 7.83.